The molecule has 1 aliphatic carbocycles. The third kappa shape index (κ3) is 2.49. The Morgan fingerprint density at radius 3 is 2.88 bits per heavy atom. The molecule has 2 rings (SSSR count). The summed E-state index contributed by atoms with van der Waals surface area (Å²) in [6, 6.07) is -0.202. The van der Waals surface area contributed by atoms with Crippen LogP contribution in [0.5, 0.6) is 0 Å². The summed E-state index contributed by atoms with van der Waals surface area (Å²) in [5.41, 5.74) is 5.37. The van der Waals surface area contributed by atoms with Crippen LogP contribution in [0.4, 0.5) is 4.79 Å². The normalized spacial score (nSPS) is 32.9. The van der Waals surface area contributed by atoms with Gasteiger partial charge in [0.1, 0.15) is 0 Å². The van der Waals surface area contributed by atoms with Crippen LogP contribution in [0.15, 0.2) is 0 Å². The average Bonchev–Trinajstić information content (AvgIpc) is 2.61. The molecule has 5 nitrogen and oxygen atoms in total. The number of hydrogen-bond acceptors (Lipinski definition) is 2. The second kappa shape index (κ2) is 5.12. The van der Waals surface area contributed by atoms with E-state index in [2.05, 4.69) is 5.32 Å². The van der Waals surface area contributed by atoms with Crippen LogP contribution in [-0.4, -0.2) is 41.8 Å². The van der Waals surface area contributed by atoms with Crippen LogP contribution < -0.4 is 11.1 Å². The summed E-state index contributed by atoms with van der Waals surface area (Å²) in [7, 11) is 0. The highest BCUT2D eigenvalue weighted by Crippen LogP contribution is 2.35. The highest BCUT2D eigenvalue weighted by Gasteiger charge is 2.42. The van der Waals surface area contributed by atoms with Gasteiger partial charge >= 0.3 is 6.03 Å². The summed E-state index contributed by atoms with van der Waals surface area (Å²) < 4.78 is 0. The molecule has 0 spiro atoms. The Morgan fingerprint density at radius 2 is 2.24 bits per heavy atom. The summed E-state index contributed by atoms with van der Waals surface area (Å²) in [4.78, 5) is 24.9. The number of nitrogens with one attached hydrogen (secondary N) is 1. The fourth-order valence-electron chi connectivity index (χ4n) is 2.92. The average molecular weight is 260 g/mol. The van der Waals surface area contributed by atoms with Gasteiger partial charge < -0.3 is 16.0 Å². The summed E-state index contributed by atoms with van der Waals surface area (Å²) in [6.45, 7) is 1.26. The fraction of sp³-hybridized carbons (Fsp3) is 0.818. The molecule has 3 unspecified atom stereocenters. The van der Waals surface area contributed by atoms with E-state index >= 15 is 0 Å². The topological polar surface area (TPSA) is 75.4 Å². The molecule has 2 aliphatic rings. The second-order valence-corrected chi connectivity index (χ2v) is 5.16. The number of nitrogens with two attached hydrogens (primary N) is 1. The van der Waals surface area contributed by atoms with Crippen LogP contribution in [0.25, 0.3) is 0 Å². The first kappa shape index (κ1) is 12.5. The van der Waals surface area contributed by atoms with Crippen molar-refractivity contribution in [3.63, 3.8) is 0 Å². The molecule has 96 valence electrons. The highest BCUT2D eigenvalue weighted by molar-refractivity contribution is 6.18. The zero-order chi connectivity index (χ0) is 12.4. The van der Waals surface area contributed by atoms with Crippen molar-refractivity contribution >= 4 is 23.5 Å². The minimum absolute atomic E-state index is 0.0830. The Morgan fingerprint density at radius 1 is 1.47 bits per heavy atom. The molecule has 1 heterocycles. The van der Waals surface area contributed by atoms with Gasteiger partial charge in [-0.05, 0) is 25.2 Å². The van der Waals surface area contributed by atoms with Crippen LogP contribution in [0.3, 0.4) is 0 Å². The van der Waals surface area contributed by atoms with Crippen LogP contribution >= 0.6 is 11.6 Å². The Bertz CT molecular complexity index is 324. The molecule has 6 heteroatoms. The maximum absolute atomic E-state index is 11.9. The molecule has 0 aromatic heterocycles. The lowest BCUT2D eigenvalue weighted by Crippen LogP contribution is -2.48. The van der Waals surface area contributed by atoms with E-state index < -0.39 is 0 Å². The van der Waals surface area contributed by atoms with Crippen molar-refractivity contribution in [1.29, 1.82) is 0 Å². The Balaban J connectivity index is 2.07. The molecular formula is C11H18ClN3O2. The number of nitrogens with zero attached hydrogens (tertiary/aromatic N) is 1. The van der Waals surface area contributed by atoms with Crippen LogP contribution in [0.2, 0.25) is 0 Å². The van der Waals surface area contributed by atoms with Gasteiger partial charge in [-0.1, -0.05) is 0 Å². The summed E-state index contributed by atoms with van der Waals surface area (Å²) in [5.74, 6) is 0.294. The number of halogens is 1. The van der Waals surface area contributed by atoms with Crippen LogP contribution in [0.1, 0.15) is 19.3 Å². The SMILES string of the molecule is NC(=O)C1CCC2CCN(CCCl)C(=O)NC21. The van der Waals surface area contributed by atoms with Crippen LogP contribution in [-0.2, 0) is 4.79 Å². The molecule has 17 heavy (non-hydrogen) atoms. The van der Waals surface area contributed by atoms with Crippen molar-refractivity contribution in [3.8, 4) is 0 Å². The number of urea groups is 1. The molecule has 1 saturated heterocycles. The number of rotatable bonds is 3. The van der Waals surface area contributed by atoms with E-state index in [1.54, 1.807) is 4.90 Å². The molecule has 3 atom stereocenters. The largest absolute Gasteiger partial charge is 0.369 e. The summed E-state index contributed by atoms with van der Waals surface area (Å²) in [6.07, 6.45) is 2.68. The Kier molecular flexibility index (Phi) is 3.76. The van der Waals surface area contributed by atoms with Gasteiger partial charge in [0.2, 0.25) is 5.91 Å². The van der Waals surface area contributed by atoms with Crippen molar-refractivity contribution in [1.82, 2.24) is 10.2 Å². The van der Waals surface area contributed by atoms with E-state index in [4.69, 9.17) is 17.3 Å². The van der Waals surface area contributed by atoms with E-state index in [0.29, 0.717) is 24.9 Å². The highest BCUT2D eigenvalue weighted by atomic mass is 35.5. The van der Waals surface area contributed by atoms with E-state index in [0.717, 1.165) is 19.3 Å². The van der Waals surface area contributed by atoms with Gasteiger partial charge in [0.15, 0.2) is 0 Å². The van der Waals surface area contributed by atoms with E-state index in [-0.39, 0.29) is 23.9 Å². The van der Waals surface area contributed by atoms with E-state index in [1.807, 2.05) is 0 Å². The molecule has 2 fully saturated rings. The van der Waals surface area contributed by atoms with Crippen LogP contribution in [0, 0.1) is 11.8 Å². The van der Waals surface area contributed by atoms with Gasteiger partial charge in [0.05, 0.1) is 5.92 Å². The number of carbonyl (C=O) groups excluding carboxylic acids is 2. The zero-order valence-corrected chi connectivity index (χ0v) is 10.4. The van der Waals surface area contributed by atoms with Crippen molar-refractivity contribution in [2.75, 3.05) is 19.0 Å². The maximum Gasteiger partial charge on any atom is 0.317 e. The first-order valence-corrected chi connectivity index (χ1v) is 6.57. The minimum Gasteiger partial charge on any atom is -0.369 e. The Labute approximate surface area is 106 Å². The van der Waals surface area contributed by atoms with Crippen molar-refractivity contribution in [2.24, 2.45) is 17.6 Å². The summed E-state index contributed by atoms with van der Waals surface area (Å²) >= 11 is 5.66. The van der Waals surface area contributed by atoms with Gasteiger partial charge in [-0.25, -0.2) is 4.79 Å². The molecule has 0 bridgehead atoms. The first-order chi connectivity index (χ1) is 8.13. The molecule has 3 amide bonds. The first-order valence-electron chi connectivity index (χ1n) is 6.04. The number of alkyl halides is 1. The maximum atomic E-state index is 11.9. The predicted octanol–water partition coefficient (Wildman–Crippen LogP) is 0.521. The Hall–Kier alpha value is -0.970. The predicted molar refractivity (Wildman–Crippen MR) is 64.6 cm³/mol. The monoisotopic (exact) mass is 259 g/mol. The van der Waals surface area contributed by atoms with Crippen molar-refractivity contribution in [2.45, 2.75) is 25.3 Å². The molecule has 3 N–H and O–H groups in total. The van der Waals surface area contributed by atoms with Crippen molar-refractivity contribution < 1.29 is 9.59 Å². The van der Waals surface area contributed by atoms with Crippen molar-refractivity contribution in [3.05, 3.63) is 0 Å². The third-order valence-corrected chi connectivity index (χ3v) is 4.03. The fourth-order valence-corrected chi connectivity index (χ4v) is 3.12. The molecule has 1 aliphatic heterocycles. The minimum atomic E-state index is -0.302. The molecular weight excluding hydrogens is 242 g/mol. The number of primary amides is 1. The van der Waals surface area contributed by atoms with Gasteiger partial charge in [0, 0.05) is 25.0 Å². The quantitative estimate of drug-likeness (QED) is 0.725. The lowest BCUT2D eigenvalue weighted by atomic mass is 9.95. The number of fused-ring (bicyclic) bond motifs is 1. The molecule has 0 aromatic rings. The summed E-state index contributed by atoms with van der Waals surface area (Å²) in [5, 5.41) is 2.93. The van der Waals surface area contributed by atoms with Gasteiger partial charge in [-0.3, -0.25) is 4.79 Å². The third-order valence-electron chi connectivity index (χ3n) is 3.86. The lowest BCUT2D eigenvalue weighted by molar-refractivity contribution is -0.122. The van der Waals surface area contributed by atoms with Gasteiger partial charge in [-0.15, -0.1) is 11.6 Å². The molecule has 0 radical (unpaired) electrons. The van der Waals surface area contributed by atoms with E-state index in [9.17, 15) is 9.59 Å². The second-order valence-electron chi connectivity index (χ2n) is 4.79. The molecule has 0 aromatic carbocycles. The standard InChI is InChI=1S/C11H18ClN3O2/c12-4-6-15-5-3-7-1-2-8(10(13)16)9(7)14-11(15)17/h7-9H,1-6H2,(H2,13,16)(H,14,17). The van der Waals surface area contributed by atoms with Gasteiger partial charge in [0.25, 0.3) is 0 Å². The van der Waals surface area contributed by atoms with Gasteiger partial charge in [-0.2, -0.15) is 0 Å². The smallest absolute Gasteiger partial charge is 0.317 e. The van der Waals surface area contributed by atoms with E-state index in [1.165, 1.54) is 0 Å². The number of amides is 3. The zero-order valence-electron chi connectivity index (χ0n) is 9.69. The molecule has 1 saturated carbocycles. The number of hydrogen-bond donors (Lipinski definition) is 2. The number of carbonyl (C=O) groups is 2. The lowest BCUT2D eigenvalue weighted by Gasteiger charge is -2.22.